The van der Waals surface area contributed by atoms with Crippen molar-refractivity contribution in [3.05, 3.63) is 50.9 Å². The largest absolute Gasteiger partial charge is 0.349 e. The van der Waals surface area contributed by atoms with Gasteiger partial charge in [0.1, 0.15) is 5.69 Å². The van der Waals surface area contributed by atoms with E-state index in [1.807, 2.05) is 0 Å². The van der Waals surface area contributed by atoms with Crippen LogP contribution < -0.4 is 10.9 Å². The van der Waals surface area contributed by atoms with E-state index in [-0.39, 0.29) is 0 Å². The van der Waals surface area contributed by atoms with Crippen molar-refractivity contribution in [3.63, 3.8) is 0 Å². The predicted molar refractivity (Wildman–Crippen MR) is 62.2 cm³/mol. The Morgan fingerprint density at radius 1 is 1.24 bits per heavy atom. The summed E-state index contributed by atoms with van der Waals surface area (Å²) in [4.78, 5) is 10.9. The van der Waals surface area contributed by atoms with Crippen LogP contribution in [0.3, 0.4) is 0 Å². The second-order valence-electron chi connectivity index (χ2n) is 3.16. The Morgan fingerprint density at radius 2 is 1.88 bits per heavy atom. The summed E-state index contributed by atoms with van der Waals surface area (Å²) in [5.41, 5.74) is -1.21. The number of halogens is 3. The molecule has 0 aliphatic carbocycles. The average Bonchev–Trinajstić information content (AvgIpc) is 2.32. The maximum absolute atomic E-state index is 13.3. The summed E-state index contributed by atoms with van der Waals surface area (Å²) in [5.74, 6) is -2.34. The van der Waals surface area contributed by atoms with Crippen molar-refractivity contribution in [2.24, 2.45) is 0 Å². The second-order valence-corrected chi connectivity index (χ2v) is 4.08. The van der Waals surface area contributed by atoms with Gasteiger partial charge < -0.3 is 5.32 Å². The molecule has 0 atom stereocenters. The van der Waals surface area contributed by atoms with Crippen LogP contribution >= 0.6 is 15.9 Å². The molecule has 0 aliphatic heterocycles. The van der Waals surface area contributed by atoms with Crippen molar-refractivity contribution in [3.8, 4) is 0 Å². The molecular formula is C10H6BrF2N3O. The summed E-state index contributed by atoms with van der Waals surface area (Å²) in [6.07, 6.45) is 0. The van der Waals surface area contributed by atoms with E-state index in [9.17, 15) is 13.6 Å². The first kappa shape index (κ1) is 11.7. The van der Waals surface area contributed by atoms with Crippen LogP contribution in [0, 0.1) is 11.8 Å². The SMILES string of the molecule is O=c1[nH]nc(F)c(Nc2ccc(Br)cc2)c1F. The van der Waals surface area contributed by atoms with Gasteiger partial charge in [-0.2, -0.15) is 8.78 Å². The summed E-state index contributed by atoms with van der Waals surface area (Å²) in [6, 6.07) is 6.59. The molecule has 1 aromatic carbocycles. The van der Waals surface area contributed by atoms with Crippen molar-refractivity contribution < 1.29 is 8.78 Å². The number of nitrogens with one attached hydrogen (secondary N) is 2. The fourth-order valence-corrected chi connectivity index (χ4v) is 1.46. The highest BCUT2D eigenvalue weighted by Gasteiger charge is 2.14. The lowest BCUT2D eigenvalue weighted by Gasteiger charge is -2.07. The standard InChI is InChI=1S/C10H6BrF2N3O/c11-5-1-3-6(4-2-5)14-8-7(12)10(17)16-15-9(8)13/h1-4H,(H2,14,16,17). The number of hydrogen-bond donors (Lipinski definition) is 2. The number of benzene rings is 1. The molecule has 0 aliphatic rings. The van der Waals surface area contributed by atoms with Gasteiger partial charge in [0.05, 0.1) is 0 Å². The Hall–Kier alpha value is -1.76. The van der Waals surface area contributed by atoms with Crippen LogP contribution in [0.25, 0.3) is 0 Å². The maximum atomic E-state index is 13.3. The first-order valence-corrected chi connectivity index (χ1v) is 5.33. The summed E-state index contributed by atoms with van der Waals surface area (Å²) in [7, 11) is 0. The quantitative estimate of drug-likeness (QED) is 0.896. The fraction of sp³-hybridized carbons (Fsp3) is 0. The van der Waals surface area contributed by atoms with Gasteiger partial charge in [-0.05, 0) is 24.3 Å². The summed E-state index contributed by atoms with van der Waals surface area (Å²) in [6.45, 7) is 0. The molecule has 1 aromatic heterocycles. The molecule has 0 bridgehead atoms. The van der Waals surface area contributed by atoms with Crippen molar-refractivity contribution in [2.45, 2.75) is 0 Å². The molecule has 2 aromatic rings. The molecule has 2 N–H and O–H groups in total. The number of anilines is 2. The number of nitrogens with zero attached hydrogens (tertiary/aromatic N) is 1. The highest BCUT2D eigenvalue weighted by atomic mass is 79.9. The first-order chi connectivity index (χ1) is 8.08. The van der Waals surface area contributed by atoms with Crippen molar-refractivity contribution >= 4 is 27.3 Å². The average molecular weight is 302 g/mol. The lowest BCUT2D eigenvalue weighted by Crippen LogP contribution is -2.17. The maximum Gasteiger partial charge on any atom is 0.302 e. The predicted octanol–water partition coefficient (Wildman–Crippen LogP) is 2.55. The van der Waals surface area contributed by atoms with Gasteiger partial charge in [-0.3, -0.25) is 4.79 Å². The van der Waals surface area contributed by atoms with Gasteiger partial charge in [0.2, 0.25) is 5.82 Å². The minimum atomic E-state index is -1.24. The summed E-state index contributed by atoms with van der Waals surface area (Å²) in [5, 5.41) is 7.19. The minimum Gasteiger partial charge on any atom is -0.349 e. The molecule has 17 heavy (non-hydrogen) atoms. The Kier molecular flexibility index (Phi) is 3.19. The molecule has 4 nitrogen and oxygen atoms in total. The zero-order valence-corrected chi connectivity index (χ0v) is 9.88. The Bertz CT molecular complexity index is 597. The van der Waals surface area contributed by atoms with E-state index >= 15 is 0 Å². The van der Waals surface area contributed by atoms with Gasteiger partial charge in [0.25, 0.3) is 5.95 Å². The molecular weight excluding hydrogens is 296 g/mol. The highest BCUT2D eigenvalue weighted by molar-refractivity contribution is 9.10. The lowest BCUT2D eigenvalue weighted by molar-refractivity contribution is 0.527. The van der Waals surface area contributed by atoms with Crippen LogP contribution in [0.5, 0.6) is 0 Å². The number of hydrogen-bond acceptors (Lipinski definition) is 3. The van der Waals surface area contributed by atoms with Gasteiger partial charge in [-0.25, -0.2) is 5.10 Å². The van der Waals surface area contributed by atoms with E-state index in [4.69, 9.17) is 0 Å². The van der Waals surface area contributed by atoms with Crippen LogP contribution in [0.1, 0.15) is 0 Å². The second kappa shape index (κ2) is 4.62. The van der Waals surface area contributed by atoms with Crippen LogP contribution in [0.15, 0.2) is 33.5 Å². The van der Waals surface area contributed by atoms with Crippen molar-refractivity contribution in [1.29, 1.82) is 0 Å². The molecule has 1 heterocycles. The third-order valence-electron chi connectivity index (χ3n) is 1.99. The van der Waals surface area contributed by atoms with Gasteiger partial charge in [-0.15, -0.1) is 5.10 Å². The fourth-order valence-electron chi connectivity index (χ4n) is 1.19. The van der Waals surface area contributed by atoms with Crippen molar-refractivity contribution in [2.75, 3.05) is 5.32 Å². The number of aromatic nitrogens is 2. The first-order valence-electron chi connectivity index (χ1n) is 4.54. The topological polar surface area (TPSA) is 57.8 Å². The molecule has 0 amide bonds. The minimum absolute atomic E-state index is 0.443. The molecule has 0 unspecified atom stereocenters. The third kappa shape index (κ3) is 2.50. The monoisotopic (exact) mass is 301 g/mol. The van der Waals surface area contributed by atoms with Crippen molar-refractivity contribution in [1.82, 2.24) is 10.2 Å². The lowest BCUT2D eigenvalue weighted by atomic mass is 10.3. The third-order valence-corrected chi connectivity index (χ3v) is 2.52. The highest BCUT2D eigenvalue weighted by Crippen LogP contribution is 2.21. The summed E-state index contributed by atoms with van der Waals surface area (Å²) >= 11 is 3.23. The molecule has 7 heteroatoms. The van der Waals surface area contributed by atoms with E-state index in [1.54, 1.807) is 29.4 Å². The zero-order valence-electron chi connectivity index (χ0n) is 8.30. The normalized spacial score (nSPS) is 10.3. The van der Waals surface area contributed by atoms with E-state index in [1.165, 1.54) is 0 Å². The summed E-state index contributed by atoms with van der Waals surface area (Å²) < 4.78 is 27.4. The Balaban J connectivity index is 2.39. The van der Waals surface area contributed by atoms with E-state index in [0.29, 0.717) is 5.69 Å². The Morgan fingerprint density at radius 3 is 2.53 bits per heavy atom. The van der Waals surface area contributed by atoms with Gasteiger partial charge in [-0.1, -0.05) is 15.9 Å². The number of aromatic amines is 1. The van der Waals surface area contributed by atoms with E-state index in [2.05, 4.69) is 26.3 Å². The van der Waals surface area contributed by atoms with Crippen LogP contribution in [-0.2, 0) is 0 Å². The molecule has 88 valence electrons. The molecule has 0 saturated carbocycles. The zero-order chi connectivity index (χ0) is 12.4. The molecule has 2 rings (SSSR count). The molecule has 0 radical (unpaired) electrons. The molecule has 0 fully saturated rings. The molecule has 0 saturated heterocycles. The van der Waals surface area contributed by atoms with E-state index < -0.39 is 23.0 Å². The Labute approximate surface area is 103 Å². The van der Waals surface area contributed by atoms with Crippen LogP contribution in [0.4, 0.5) is 20.2 Å². The number of rotatable bonds is 2. The smallest absolute Gasteiger partial charge is 0.302 e. The van der Waals surface area contributed by atoms with E-state index in [0.717, 1.165) is 4.47 Å². The van der Waals surface area contributed by atoms with Crippen LogP contribution in [-0.4, -0.2) is 10.2 Å². The van der Waals surface area contributed by atoms with Gasteiger partial charge in [0.15, 0.2) is 0 Å². The van der Waals surface area contributed by atoms with Crippen LogP contribution in [0.2, 0.25) is 0 Å². The van der Waals surface area contributed by atoms with Gasteiger partial charge in [0, 0.05) is 10.2 Å². The number of H-pyrrole nitrogens is 1. The molecule has 0 spiro atoms. The van der Waals surface area contributed by atoms with Gasteiger partial charge >= 0.3 is 5.56 Å².